The van der Waals surface area contributed by atoms with E-state index in [0.29, 0.717) is 12.2 Å². The van der Waals surface area contributed by atoms with Crippen LogP contribution in [0.2, 0.25) is 0 Å². The van der Waals surface area contributed by atoms with Crippen LogP contribution in [0.3, 0.4) is 0 Å². The number of piperazine rings is 1. The lowest BCUT2D eigenvalue weighted by molar-refractivity contribution is 0.246. The summed E-state index contributed by atoms with van der Waals surface area (Å²) >= 11 is 0. The molecule has 0 aliphatic carbocycles. The fourth-order valence-corrected chi connectivity index (χ4v) is 3.20. The van der Waals surface area contributed by atoms with Crippen molar-refractivity contribution in [3.63, 3.8) is 0 Å². The summed E-state index contributed by atoms with van der Waals surface area (Å²) in [4.78, 5) is 24.1. The maximum Gasteiger partial charge on any atom is 0.271 e. The van der Waals surface area contributed by atoms with Gasteiger partial charge >= 0.3 is 0 Å². The van der Waals surface area contributed by atoms with E-state index >= 15 is 0 Å². The van der Waals surface area contributed by atoms with Crippen LogP contribution in [-0.2, 0) is 6.54 Å². The molecule has 5 nitrogen and oxygen atoms in total. The number of rotatable bonds is 3. The summed E-state index contributed by atoms with van der Waals surface area (Å²) in [5, 5.41) is 0. The predicted octanol–water partition coefficient (Wildman–Crippen LogP) is 2.38. The number of fused-ring (bicyclic) bond motifs is 1. The van der Waals surface area contributed by atoms with E-state index in [-0.39, 0.29) is 11.4 Å². The zero-order chi connectivity index (χ0) is 17.2. The number of aromatic amines is 1. The fraction of sp³-hybridized carbons (Fsp3) is 0.263. The molecule has 25 heavy (non-hydrogen) atoms. The number of aromatic nitrogens is 2. The van der Waals surface area contributed by atoms with Gasteiger partial charge in [0.2, 0.25) is 0 Å². The molecule has 3 aromatic rings. The molecule has 1 aromatic heterocycles. The molecule has 4 rings (SSSR count). The van der Waals surface area contributed by atoms with E-state index < -0.39 is 0 Å². The maximum atomic E-state index is 13.0. The summed E-state index contributed by atoms with van der Waals surface area (Å²) in [5.41, 5.74) is 3.02. The van der Waals surface area contributed by atoms with Crippen LogP contribution in [0.15, 0.2) is 53.3 Å². The van der Waals surface area contributed by atoms with Crippen molar-refractivity contribution in [1.29, 1.82) is 0 Å². The van der Waals surface area contributed by atoms with Crippen molar-refractivity contribution in [2.75, 3.05) is 31.1 Å². The lowest BCUT2D eigenvalue weighted by Gasteiger charge is -2.35. The van der Waals surface area contributed by atoms with Crippen molar-refractivity contribution < 1.29 is 4.39 Å². The molecule has 0 spiro atoms. The van der Waals surface area contributed by atoms with Crippen molar-refractivity contribution in [1.82, 2.24) is 14.9 Å². The number of anilines is 1. The molecular formula is C19H19FN4O. The van der Waals surface area contributed by atoms with Crippen LogP contribution in [0.25, 0.3) is 11.0 Å². The largest absolute Gasteiger partial charge is 0.369 e. The van der Waals surface area contributed by atoms with Gasteiger partial charge in [0.15, 0.2) is 0 Å². The van der Waals surface area contributed by atoms with E-state index in [1.807, 2.05) is 24.3 Å². The number of halogens is 1. The van der Waals surface area contributed by atoms with Gasteiger partial charge in [0.1, 0.15) is 11.5 Å². The number of H-pyrrole nitrogens is 1. The molecule has 1 saturated heterocycles. The Hall–Kier alpha value is -2.73. The van der Waals surface area contributed by atoms with Crippen molar-refractivity contribution in [3.8, 4) is 0 Å². The number of hydrogen-bond donors (Lipinski definition) is 1. The predicted molar refractivity (Wildman–Crippen MR) is 96.3 cm³/mol. The molecule has 0 unspecified atom stereocenters. The van der Waals surface area contributed by atoms with Crippen LogP contribution in [0, 0.1) is 5.82 Å². The third-order valence-corrected chi connectivity index (χ3v) is 4.61. The molecule has 1 aliphatic rings. The second kappa shape index (κ2) is 6.64. The Balaban J connectivity index is 1.44. The van der Waals surface area contributed by atoms with Gasteiger partial charge in [-0.05, 0) is 36.4 Å². The first-order valence-electron chi connectivity index (χ1n) is 8.40. The van der Waals surface area contributed by atoms with Crippen LogP contribution in [0.4, 0.5) is 10.1 Å². The Morgan fingerprint density at radius 2 is 1.72 bits per heavy atom. The molecule has 2 aromatic carbocycles. The minimum atomic E-state index is -0.219. The summed E-state index contributed by atoms with van der Waals surface area (Å²) in [6, 6.07) is 14.1. The lowest BCUT2D eigenvalue weighted by Crippen LogP contribution is -2.46. The van der Waals surface area contributed by atoms with E-state index in [4.69, 9.17) is 0 Å². The second-order valence-electron chi connectivity index (χ2n) is 6.27. The summed E-state index contributed by atoms with van der Waals surface area (Å²) in [5.74, 6) is -0.219. The van der Waals surface area contributed by atoms with E-state index in [9.17, 15) is 9.18 Å². The smallest absolute Gasteiger partial charge is 0.271 e. The number of hydrogen-bond acceptors (Lipinski definition) is 4. The van der Waals surface area contributed by atoms with Gasteiger partial charge in [0.05, 0.1) is 11.0 Å². The maximum absolute atomic E-state index is 13.0. The Bertz CT molecular complexity index is 930. The molecule has 2 heterocycles. The molecule has 0 amide bonds. The molecule has 0 atom stereocenters. The highest BCUT2D eigenvalue weighted by Crippen LogP contribution is 2.17. The average Bonchev–Trinajstić information content (AvgIpc) is 2.64. The molecule has 128 valence electrons. The minimum Gasteiger partial charge on any atom is -0.369 e. The molecule has 0 saturated carbocycles. The first-order chi connectivity index (χ1) is 12.2. The van der Waals surface area contributed by atoms with Crippen LogP contribution < -0.4 is 10.5 Å². The Morgan fingerprint density at radius 3 is 2.48 bits per heavy atom. The van der Waals surface area contributed by atoms with Gasteiger partial charge in [-0.25, -0.2) is 9.37 Å². The molecule has 0 radical (unpaired) electrons. The zero-order valence-corrected chi connectivity index (χ0v) is 13.8. The van der Waals surface area contributed by atoms with Crippen molar-refractivity contribution in [2.24, 2.45) is 0 Å². The highest BCUT2D eigenvalue weighted by molar-refractivity contribution is 5.73. The van der Waals surface area contributed by atoms with Gasteiger partial charge < -0.3 is 9.88 Å². The van der Waals surface area contributed by atoms with Crippen molar-refractivity contribution in [3.05, 3.63) is 70.4 Å². The Kier molecular flexibility index (Phi) is 4.19. The van der Waals surface area contributed by atoms with Crippen LogP contribution in [0.5, 0.6) is 0 Å². The molecular weight excluding hydrogens is 319 g/mol. The van der Waals surface area contributed by atoms with Gasteiger partial charge in [-0.15, -0.1) is 0 Å². The Labute approximate surface area is 144 Å². The van der Waals surface area contributed by atoms with Gasteiger partial charge in [-0.2, -0.15) is 0 Å². The van der Waals surface area contributed by atoms with E-state index in [1.54, 1.807) is 12.1 Å². The first-order valence-corrected chi connectivity index (χ1v) is 8.40. The number of nitrogens with zero attached hydrogens (tertiary/aromatic N) is 3. The fourth-order valence-electron chi connectivity index (χ4n) is 3.20. The number of para-hydroxylation sites is 2. The molecule has 1 fully saturated rings. The Morgan fingerprint density at radius 1 is 1.00 bits per heavy atom. The average molecular weight is 338 g/mol. The van der Waals surface area contributed by atoms with Crippen molar-refractivity contribution >= 4 is 16.7 Å². The van der Waals surface area contributed by atoms with Gasteiger partial charge in [0.25, 0.3) is 5.56 Å². The highest BCUT2D eigenvalue weighted by atomic mass is 19.1. The number of nitrogens with one attached hydrogen (secondary N) is 1. The molecule has 0 bridgehead atoms. The lowest BCUT2D eigenvalue weighted by atomic mass is 10.2. The van der Waals surface area contributed by atoms with Crippen LogP contribution in [-0.4, -0.2) is 41.0 Å². The first kappa shape index (κ1) is 15.8. The van der Waals surface area contributed by atoms with Crippen LogP contribution in [0.1, 0.15) is 5.69 Å². The molecule has 1 aliphatic heterocycles. The third-order valence-electron chi connectivity index (χ3n) is 4.61. The third kappa shape index (κ3) is 3.39. The van der Waals surface area contributed by atoms with Gasteiger partial charge in [-0.3, -0.25) is 9.69 Å². The summed E-state index contributed by atoms with van der Waals surface area (Å²) in [6.07, 6.45) is 0. The normalized spacial score (nSPS) is 15.6. The van der Waals surface area contributed by atoms with E-state index in [2.05, 4.69) is 19.8 Å². The standard InChI is InChI=1S/C19H19FN4O/c20-14-5-7-15(8-6-14)24-11-9-23(10-12-24)13-18-19(25)22-17-4-2-1-3-16(17)21-18/h1-8H,9-13H2,(H,22,25). The minimum absolute atomic E-state index is 0.125. The molecule has 6 heteroatoms. The molecule has 1 N–H and O–H groups in total. The zero-order valence-electron chi connectivity index (χ0n) is 13.8. The van der Waals surface area contributed by atoms with E-state index in [0.717, 1.165) is 42.9 Å². The van der Waals surface area contributed by atoms with Crippen molar-refractivity contribution in [2.45, 2.75) is 6.54 Å². The second-order valence-corrected chi connectivity index (χ2v) is 6.27. The monoisotopic (exact) mass is 338 g/mol. The van der Waals surface area contributed by atoms with Crippen LogP contribution >= 0.6 is 0 Å². The quantitative estimate of drug-likeness (QED) is 0.797. The topological polar surface area (TPSA) is 52.2 Å². The number of benzene rings is 2. The van der Waals surface area contributed by atoms with Gasteiger partial charge in [-0.1, -0.05) is 12.1 Å². The highest BCUT2D eigenvalue weighted by Gasteiger charge is 2.19. The summed E-state index contributed by atoms with van der Waals surface area (Å²) in [6.45, 7) is 3.91. The summed E-state index contributed by atoms with van der Waals surface area (Å²) < 4.78 is 13.0. The summed E-state index contributed by atoms with van der Waals surface area (Å²) in [7, 11) is 0. The van der Waals surface area contributed by atoms with Gasteiger partial charge in [0, 0.05) is 38.4 Å². The SMILES string of the molecule is O=c1[nH]c2ccccc2nc1CN1CCN(c2ccc(F)cc2)CC1. The van der Waals surface area contributed by atoms with E-state index in [1.165, 1.54) is 12.1 Å².